The van der Waals surface area contributed by atoms with Gasteiger partial charge in [-0.3, -0.25) is 4.79 Å². The molecular formula is C22H25N7O. The Bertz CT molecular complexity index is 1010. The van der Waals surface area contributed by atoms with Crippen LogP contribution in [0.15, 0.2) is 36.5 Å². The Balaban J connectivity index is 1.39. The van der Waals surface area contributed by atoms with Crippen LogP contribution in [0.5, 0.6) is 0 Å². The number of nitrogens with zero attached hydrogens (tertiary/aromatic N) is 5. The van der Waals surface area contributed by atoms with E-state index in [2.05, 4.69) is 35.8 Å². The first-order chi connectivity index (χ1) is 14.8. The third kappa shape index (κ3) is 3.77. The number of rotatable bonds is 4. The summed E-state index contributed by atoms with van der Waals surface area (Å²) in [6.07, 6.45) is 10.4. The summed E-state index contributed by atoms with van der Waals surface area (Å²) in [5, 5.41) is 17.4. The second kappa shape index (κ2) is 8.22. The standard InChI is InChI=1S/C22H25N7O/c30-21-12-9-16-14-23-20(13-19(16)29(21)18-5-3-1-2-4-6-18)24-17-10-7-15(8-11-17)22-25-27-28-26-22/h7-8,10-11,13-14,18H,1-6,9,12H2,(H,23,24)(H,25,26,27,28). The van der Waals surface area contributed by atoms with E-state index in [0.717, 1.165) is 47.6 Å². The zero-order valence-electron chi connectivity index (χ0n) is 16.8. The predicted octanol–water partition coefficient (Wildman–Crippen LogP) is 4.01. The first kappa shape index (κ1) is 18.7. The molecule has 1 saturated carbocycles. The average molecular weight is 403 g/mol. The molecule has 1 amide bonds. The molecule has 8 nitrogen and oxygen atoms in total. The van der Waals surface area contributed by atoms with Gasteiger partial charge in [0.1, 0.15) is 5.82 Å². The molecule has 2 aromatic heterocycles. The van der Waals surface area contributed by atoms with E-state index in [1.165, 1.54) is 25.7 Å². The largest absolute Gasteiger partial charge is 0.340 e. The van der Waals surface area contributed by atoms with Crippen molar-refractivity contribution in [3.8, 4) is 11.4 Å². The van der Waals surface area contributed by atoms with Crippen LogP contribution >= 0.6 is 0 Å². The van der Waals surface area contributed by atoms with Crippen molar-refractivity contribution < 1.29 is 4.79 Å². The van der Waals surface area contributed by atoms with Crippen LogP contribution in [0.2, 0.25) is 0 Å². The Morgan fingerprint density at radius 1 is 1.03 bits per heavy atom. The van der Waals surface area contributed by atoms with Crippen molar-refractivity contribution in [1.29, 1.82) is 0 Å². The van der Waals surface area contributed by atoms with Gasteiger partial charge in [0.15, 0.2) is 0 Å². The van der Waals surface area contributed by atoms with Crippen molar-refractivity contribution in [3.05, 3.63) is 42.1 Å². The van der Waals surface area contributed by atoms with E-state index in [1.54, 1.807) is 0 Å². The number of amides is 1. The molecule has 0 unspecified atom stereocenters. The topological polar surface area (TPSA) is 99.7 Å². The average Bonchev–Trinajstić information content (AvgIpc) is 3.18. The molecule has 1 aliphatic heterocycles. The summed E-state index contributed by atoms with van der Waals surface area (Å²) in [4.78, 5) is 19.5. The van der Waals surface area contributed by atoms with Gasteiger partial charge in [0.05, 0.1) is 5.69 Å². The van der Waals surface area contributed by atoms with Crippen LogP contribution in [-0.4, -0.2) is 37.6 Å². The minimum absolute atomic E-state index is 0.246. The van der Waals surface area contributed by atoms with Crippen LogP contribution in [0, 0.1) is 0 Å². The highest BCUT2D eigenvalue weighted by Gasteiger charge is 2.31. The summed E-state index contributed by atoms with van der Waals surface area (Å²) < 4.78 is 0. The fraction of sp³-hybridized carbons (Fsp3) is 0.409. The zero-order chi connectivity index (χ0) is 20.3. The van der Waals surface area contributed by atoms with E-state index in [1.807, 2.05) is 36.5 Å². The van der Waals surface area contributed by atoms with E-state index in [9.17, 15) is 4.79 Å². The summed E-state index contributed by atoms with van der Waals surface area (Å²) in [6, 6.07) is 10.1. The molecule has 0 spiro atoms. The number of hydrogen-bond acceptors (Lipinski definition) is 6. The van der Waals surface area contributed by atoms with Crippen molar-refractivity contribution in [2.75, 3.05) is 10.2 Å². The summed E-state index contributed by atoms with van der Waals surface area (Å²) in [5.41, 5.74) is 3.99. The minimum Gasteiger partial charge on any atom is -0.340 e. The maximum atomic E-state index is 12.9. The van der Waals surface area contributed by atoms with E-state index in [4.69, 9.17) is 0 Å². The monoisotopic (exact) mass is 403 g/mol. The Morgan fingerprint density at radius 3 is 2.57 bits per heavy atom. The summed E-state index contributed by atoms with van der Waals surface area (Å²) in [6.45, 7) is 0. The molecule has 2 aliphatic rings. The van der Waals surface area contributed by atoms with Gasteiger partial charge in [0, 0.05) is 36.0 Å². The predicted molar refractivity (Wildman–Crippen MR) is 114 cm³/mol. The van der Waals surface area contributed by atoms with Crippen LogP contribution in [0.3, 0.4) is 0 Å². The molecule has 3 heterocycles. The van der Waals surface area contributed by atoms with Gasteiger partial charge < -0.3 is 10.2 Å². The molecule has 0 bridgehead atoms. The number of fused-ring (bicyclic) bond motifs is 1. The van der Waals surface area contributed by atoms with E-state index in [-0.39, 0.29) is 5.91 Å². The third-order valence-corrected chi connectivity index (χ3v) is 6.05. The molecule has 0 atom stereocenters. The highest BCUT2D eigenvalue weighted by atomic mass is 16.2. The van der Waals surface area contributed by atoms with E-state index in [0.29, 0.717) is 18.3 Å². The van der Waals surface area contributed by atoms with Crippen LogP contribution in [0.1, 0.15) is 50.5 Å². The lowest BCUT2D eigenvalue weighted by atomic mass is 9.98. The van der Waals surface area contributed by atoms with Crippen molar-refractivity contribution in [2.24, 2.45) is 0 Å². The van der Waals surface area contributed by atoms with Gasteiger partial charge in [0.2, 0.25) is 11.7 Å². The first-order valence-electron chi connectivity index (χ1n) is 10.7. The molecule has 154 valence electrons. The van der Waals surface area contributed by atoms with Crippen molar-refractivity contribution in [1.82, 2.24) is 25.6 Å². The Morgan fingerprint density at radius 2 is 1.83 bits per heavy atom. The van der Waals surface area contributed by atoms with Crippen LogP contribution in [-0.2, 0) is 11.2 Å². The fourth-order valence-electron chi connectivity index (χ4n) is 4.51. The minimum atomic E-state index is 0.246. The lowest BCUT2D eigenvalue weighted by molar-refractivity contribution is -0.119. The number of pyridine rings is 1. The van der Waals surface area contributed by atoms with E-state index < -0.39 is 0 Å². The van der Waals surface area contributed by atoms with Crippen molar-refractivity contribution >= 4 is 23.1 Å². The maximum absolute atomic E-state index is 12.9. The summed E-state index contributed by atoms with van der Waals surface area (Å²) in [7, 11) is 0. The molecule has 5 rings (SSSR count). The number of nitrogens with one attached hydrogen (secondary N) is 2. The number of aryl methyl sites for hydroxylation is 1. The lowest BCUT2D eigenvalue weighted by Gasteiger charge is -2.36. The first-order valence-corrected chi connectivity index (χ1v) is 10.7. The van der Waals surface area contributed by atoms with Crippen LogP contribution in [0.4, 0.5) is 17.2 Å². The smallest absolute Gasteiger partial charge is 0.227 e. The van der Waals surface area contributed by atoms with Gasteiger partial charge in [-0.25, -0.2) is 4.98 Å². The van der Waals surface area contributed by atoms with Gasteiger partial charge in [-0.15, -0.1) is 10.2 Å². The fourth-order valence-corrected chi connectivity index (χ4v) is 4.51. The molecule has 3 aromatic rings. The highest BCUT2D eigenvalue weighted by Crippen LogP contribution is 2.35. The highest BCUT2D eigenvalue weighted by molar-refractivity contribution is 5.97. The lowest BCUT2D eigenvalue weighted by Crippen LogP contribution is -2.43. The molecule has 0 saturated heterocycles. The normalized spacial score (nSPS) is 17.5. The number of carbonyl (C=O) groups is 1. The number of aromatic amines is 1. The third-order valence-electron chi connectivity index (χ3n) is 6.05. The van der Waals surface area contributed by atoms with Gasteiger partial charge in [0.25, 0.3) is 0 Å². The number of aromatic nitrogens is 5. The quantitative estimate of drug-likeness (QED) is 0.639. The SMILES string of the molecule is O=C1CCc2cnc(Nc3ccc(-c4nn[nH]n4)cc3)cc2N1C1CCCCCC1. The molecule has 1 fully saturated rings. The van der Waals surface area contributed by atoms with Gasteiger partial charge in [-0.05, 0) is 54.3 Å². The van der Waals surface area contributed by atoms with Gasteiger partial charge in [-0.1, -0.05) is 25.7 Å². The van der Waals surface area contributed by atoms with Crippen molar-refractivity contribution in [3.63, 3.8) is 0 Å². The molecule has 0 radical (unpaired) electrons. The number of benzene rings is 1. The van der Waals surface area contributed by atoms with Crippen LogP contribution in [0.25, 0.3) is 11.4 Å². The van der Waals surface area contributed by atoms with Gasteiger partial charge >= 0.3 is 0 Å². The summed E-state index contributed by atoms with van der Waals surface area (Å²) >= 11 is 0. The molecular weight excluding hydrogens is 378 g/mol. The van der Waals surface area contributed by atoms with Gasteiger partial charge in [-0.2, -0.15) is 5.21 Å². The number of hydrogen-bond donors (Lipinski definition) is 2. The maximum Gasteiger partial charge on any atom is 0.227 e. The number of carbonyl (C=O) groups excluding carboxylic acids is 1. The number of tetrazole rings is 1. The molecule has 2 N–H and O–H groups in total. The number of H-pyrrole nitrogens is 1. The summed E-state index contributed by atoms with van der Waals surface area (Å²) in [5.74, 6) is 1.55. The second-order valence-electron chi connectivity index (χ2n) is 8.05. The Labute approximate surface area is 175 Å². The van der Waals surface area contributed by atoms with E-state index >= 15 is 0 Å². The number of anilines is 3. The molecule has 30 heavy (non-hydrogen) atoms. The van der Waals surface area contributed by atoms with Crippen molar-refractivity contribution in [2.45, 2.75) is 57.4 Å². The Hall–Kier alpha value is -3.29. The second-order valence-corrected chi connectivity index (χ2v) is 8.05. The van der Waals surface area contributed by atoms with Crippen LogP contribution < -0.4 is 10.2 Å². The zero-order valence-corrected chi connectivity index (χ0v) is 16.8. The molecule has 8 heteroatoms. The molecule has 1 aliphatic carbocycles. The molecule has 1 aromatic carbocycles. The Kier molecular flexibility index (Phi) is 5.13.